The zero-order valence-corrected chi connectivity index (χ0v) is 12.2. The first-order valence-corrected chi connectivity index (χ1v) is 7.50. The van der Waals surface area contributed by atoms with Gasteiger partial charge in [-0.2, -0.15) is 0 Å². The molecule has 0 radical (unpaired) electrons. The lowest BCUT2D eigenvalue weighted by molar-refractivity contribution is 0.0459. The molecule has 0 atom stereocenters. The Bertz CT molecular complexity index is 373. The molecule has 1 aromatic rings. The van der Waals surface area contributed by atoms with Crippen LogP contribution in [0.4, 0.5) is 5.69 Å². The molecule has 0 bridgehead atoms. The third-order valence-electron chi connectivity index (χ3n) is 3.74. The Morgan fingerprint density at radius 1 is 1.21 bits per heavy atom. The summed E-state index contributed by atoms with van der Waals surface area (Å²) in [6, 6.07) is 8.74. The van der Waals surface area contributed by atoms with Crippen molar-refractivity contribution in [3.05, 3.63) is 29.8 Å². The number of rotatable bonds is 6. The molecule has 0 unspecified atom stereocenters. The van der Waals surface area contributed by atoms with Gasteiger partial charge in [-0.3, -0.25) is 0 Å². The van der Waals surface area contributed by atoms with Crippen molar-refractivity contribution in [1.29, 1.82) is 0 Å². The molecule has 1 aliphatic heterocycles. The fourth-order valence-electron chi connectivity index (χ4n) is 2.73. The number of anilines is 1. The molecule has 3 heteroatoms. The number of hydrogen-bond donors (Lipinski definition) is 1. The minimum absolute atomic E-state index is 0.460. The van der Waals surface area contributed by atoms with E-state index in [0.29, 0.717) is 6.10 Å². The highest BCUT2D eigenvalue weighted by molar-refractivity contribution is 5.54. The Morgan fingerprint density at radius 2 is 1.95 bits per heavy atom. The van der Waals surface area contributed by atoms with Gasteiger partial charge in [0.1, 0.15) is 0 Å². The largest absolute Gasteiger partial charge is 0.378 e. The van der Waals surface area contributed by atoms with Crippen LogP contribution in [0.3, 0.4) is 0 Å². The average molecular weight is 262 g/mol. The van der Waals surface area contributed by atoms with Gasteiger partial charge in [0.15, 0.2) is 0 Å². The van der Waals surface area contributed by atoms with E-state index in [4.69, 9.17) is 4.74 Å². The van der Waals surface area contributed by atoms with Crippen LogP contribution in [0.15, 0.2) is 24.3 Å². The summed E-state index contributed by atoms with van der Waals surface area (Å²) in [5, 5.41) is 3.42. The molecule has 19 heavy (non-hydrogen) atoms. The van der Waals surface area contributed by atoms with Crippen LogP contribution in [0, 0.1) is 0 Å². The highest BCUT2D eigenvalue weighted by atomic mass is 16.5. The molecule has 1 aliphatic rings. The van der Waals surface area contributed by atoms with Gasteiger partial charge < -0.3 is 15.0 Å². The second-order valence-corrected chi connectivity index (χ2v) is 5.05. The summed E-state index contributed by atoms with van der Waals surface area (Å²) >= 11 is 0. The lowest BCUT2D eigenvalue weighted by atomic mass is 10.0. The van der Waals surface area contributed by atoms with Crippen LogP contribution in [0.25, 0.3) is 0 Å². The van der Waals surface area contributed by atoms with E-state index < -0.39 is 0 Å². The van der Waals surface area contributed by atoms with E-state index in [1.165, 1.54) is 11.3 Å². The average Bonchev–Trinajstić information content (AvgIpc) is 2.47. The van der Waals surface area contributed by atoms with Crippen LogP contribution in [0.1, 0.15) is 32.3 Å². The van der Waals surface area contributed by atoms with Gasteiger partial charge in [-0.05, 0) is 37.9 Å². The molecule has 1 fully saturated rings. The van der Waals surface area contributed by atoms with Crippen LogP contribution in [0.5, 0.6) is 0 Å². The van der Waals surface area contributed by atoms with E-state index in [2.05, 4.69) is 48.3 Å². The van der Waals surface area contributed by atoms with Crippen molar-refractivity contribution in [2.45, 2.75) is 39.3 Å². The van der Waals surface area contributed by atoms with E-state index in [-0.39, 0.29) is 0 Å². The fourth-order valence-corrected chi connectivity index (χ4v) is 2.73. The Hall–Kier alpha value is -1.06. The van der Waals surface area contributed by atoms with Crippen molar-refractivity contribution < 1.29 is 4.74 Å². The molecule has 1 N–H and O–H groups in total. The maximum Gasteiger partial charge on any atom is 0.0608 e. The number of para-hydroxylation sites is 1. The van der Waals surface area contributed by atoms with E-state index >= 15 is 0 Å². The maximum absolute atomic E-state index is 5.72. The van der Waals surface area contributed by atoms with Crippen molar-refractivity contribution >= 4 is 5.69 Å². The van der Waals surface area contributed by atoms with Crippen LogP contribution in [-0.2, 0) is 11.3 Å². The number of ether oxygens (including phenoxy) is 1. The minimum atomic E-state index is 0.460. The Kier molecular flexibility index (Phi) is 5.67. The zero-order valence-electron chi connectivity index (χ0n) is 12.2. The summed E-state index contributed by atoms with van der Waals surface area (Å²) in [6.07, 6.45) is 2.74. The molecule has 0 aromatic heterocycles. The van der Waals surface area contributed by atoms with Gasteiger partial charge >= 0.3 is 0 Å². The van der Waals surface area contributed by atoms with Crippen molar-refractivity contribution in [2.24, 2.45) is 0 Å². The summed E-state index contributed by atoms with van der Waals surface area (Å²) in [5.74, 6) is 0. The van der Waals surface area contributed by atoms with Gasteiger partial charge in [0.05, 0.1) is 6.10 Å². The van der Waals surface area contributed by atoms with Crippen LogP contribution in [-0.4, -0.2) is 32.3 Å². The topological polar surface area (TPSA) is 24.5 Å². The molecule has 1 heterocycles. The van der Waals surface area contributed by atoms with E-state index in [9.17, 15) is 0 Å². The third kappa shape index (κ3) is 3.95. The molecule has 2 rings (SSSR count). The zero-order chi connectivity index (χ0) is 13.5. The number of piperidine rings is 1. The molecule has 106 valence electrons. The van der Waals surface area contributed by atoms with Gasteiger partial charge in [0.25, 0.3) is 0 Å². The lowest BCUT2D eigenvalue weighted by Crippen LogP contribution is -2.37. The standard InChI is InChI=1S/C16H26N2O/c1-3-17-13-14-7-5-6-8-16(14)18-11-9-15(10-12-18)19-4-2/h5-8,15,17H,3-4,9-13H2,1-2H3. The molecule has 0 saturated carbocycles. The Labute approximate surface area is 116 Å². The van der Waals surface area contributed by atoms with Crippen molar-refractivity contribution in [2.75, 3.05) is 31.1 Å². The van der Waals surface area contributed by atoms with Crippen LogP contribution < -0.4 is 10.2 Å². The first-order valence-electron chi connectivity index (χ1n) is 7.50. The summed E-state index contributed by atoms with van der Waals surface area (Å²) in [4.78, 5) is 2.50. The summed E-state index contributed by atoms with van der Waals surface area (Å²) < 4.78 is 5.72. The smallest absolute Gasteiger partial charge is 0.0608 e. The van der Waals surface area contributed by atoms with Crippen molar-refractivity contribution in [3.63, 3.8) is 0 Å². The lowest BCUT2D eigenvalue weighted by Gasteiger charge is -2.34. The van der Waals surface area contributed by atoms with E-state index in [1.54, 1.807) is 0 Å². The molecule has 0 aliphatic carbocycles. The second-order valence-electron chi connectivity index (χ2n) is 5.05. The highest BCUT2D eigenvalue weighted by Gasteiger charge is 2.20. The quantitative estimate of drug-likeness (QED) is 0.853. The van der Waals surface area contributed by atoms with Gasteiger partial charge in [0.2, 0.25) is 0 Å². The van der Waals surface area contributed by atoms with Gasteiger partial charge in [-0.15, -0.1) is 0 Å². The van der Waals surface area contributed by atoms with Gasteiger partial charge in [-0.25, -0.2) is 0 Å². The molecular weight excluding hydrogens is 236 g/mol. The van der Waals surface area contributed by atoms with Gasteiger partial charge in [-0.1, -0.05) is 25.1 Å². The SMILES string of the molecule is CCNCc1ccccc1N1CCC(OCC)CC1. The number of nitrogens with zero attached hydrogens (tertiary/aromatic N) is 1. The highest BCUT2D eigenvalue weighted by Crippen LogP contribution is 2.25. The molecule has 3 nitrogen and oxygen atoms in total. The van der Waals surface area contributed by atoms with E-state index in [1.807, 2.05) is 0 Å². The fraction of sp³-hybridized carbons (Fsp3) is 0.625. The normalized spacial score (nSPS) is 16.8. The molecule has 1 saturated heterocycles. The number of nitrogens with one attached hydrogen (secondary N) is 1. The summed E-state index contributed by atoms with van der Waals surface area (Å²) in [6.45, 7) is 9.25. The monoisotopic (exact) mass is 262 g/mol. The first-order chi connectivity index (χ1) is 9.35. The number of benzene rings is 1. The predicted octanol–water partition coefficient (Wildman–Crippen LogP) is 2.80. The third-order valence-corrected chi connectivity index (χ3v) is 3.74. The van der Waals surface area contributed by atoms with Crippen molar-refractivity contribution in [3.8, 4) is 0 Å². The molecular formula is C16H26N2O. The van der Waals surface area contributed by atoms with Crippen LogP contribution in [0.2, 0.25) is 0 Å². The Morgan fingerprint density at radius 3 is 2.63 bits per heavy atom. The van der Waals surface area contributed by atoms with Gasteiger partial charge in [0, 0.05) is 31.9 Å². The molecule has 0 spiro atoms. The maximum atomic E-state index is 5.72. The molecule has 1 aromatic carbocycles. The summed E-state index contributed by atoms with van der Waals surface area (Å²) in [7, 11) is 0. The second kappa shape index (κ2) is 7.51. The van der Waals surface area contributed by atoms with Crippen LogP contribution >= 0.6 is 0 Å². The number of hydrogen-bond acceptors (Lipinski definition) is 3. The minimum Gasteiger partial charge on any atom is -0.378 e. The molecule has 0 amide bonds. The Balaban J connectivity index is 1.98. The first kappa shape index (κ1) is 14.4. The summed E-state index contributed by atoms with van der Waals surface area (Å²) in [5.41, 5.74) is 2.79. The van der Waals surface area contributed by atoms with E-state index in [0.717, 1.165) is 45.6 Å². The van der Waals surface area contributed by atoms with Crippen molar-refractivity contribution in [1.82, 2.24) is 5.32 Å². The predicted molar refractivity (Wildman–Crippen MR) is 80.7 cm³/mol.